The van der Waals surface area contributed by atoms with Gasteiger partial charge >= 0.3 is 0 Å². The van der Waals surface area contributed by atoms with Gasteiger partial charge in [-0.05, 0) is 312 Å². The summed E-state index contributed by atoms with van der Waals surface area (Å²) < 4.78 is 0. The van der Waals surface area contributed by atoms with Gasteiger partial charge < -0.3 is 0 Å². The van der Waals surface area contributed by atoms with Gasteiger partial charge in [0.25, 0.3) is 0 Å². The molecule has 1 unspecified atom stereocenters. The standard InChI is InChI=1S/C92H29/c1-6-16-28(17-7-1)26-88-73-63-53-43-38-33-34-36-37-35(33)40-46-44(38)54(53)64-66-56(46)58-48(40)50-42(37)52-51-41(36)49-47-39(34)45(43)55-57(47)67-69-59(49)61(51)71-72-62(52)60(50)70-68(58)78-76(66)89(74(64)73,27-29-18-8-2-9-19-29)84-83(88)85-87-86(84)91(78,31-22-12-4-13-23-31)80(70)82(72)92(87,32-24-14-5-15-25-32)81(71)79(69)90(85,30-20-10-3-11-21-30)77(67)75(88)65(55)63/h1-25H,26-27H2/t88-,89+,90-,91+,92?. The molecule has 0 aromatic heterocycles. The van der Waals surface area contributed by atoms with Crippen molar-refractivity contribution in [2.24, 2.45) is 0 Å². The summed E-state index contributed by atoms with van der Waals surface area (Å²) in [4.78, 5) is 0. The topological polar surface area (TPSA) is 0 Å². The third-order valence-corrected chi connectivity index (χ3v) is 30.9. The Labute approximate surface area is 516 Å². The fraction of sp³-hybridized carbons (Fsp3) is 0.0761. The molecule has 26 aromatic rings. The van der Waals surface area contributed by atoms with E-state index in [1.807, 2.05) is 0 Å². The van der Waals surface area contributed by atoms with E-state index in [1.54, 1.807) is 301 Å². The Balaban J connectivity index is 1.02. The summed E-state index contributed by atoms with van der Waals surface area (Å²) in [6.07, 6.45) is 1.85. The first-order valence-electron chi connectivity index (χ1n) is 34.2. The van der Waals surface area contributed by atoms with Crippen molar-refractivity contribution in [3.63, 3.8) is 0 Å². The van der Waals surface area contributed by atoms with Crippen LogP contribution in [0.25, 0.3) is 215 Å². The van der Waals surface area contributed by atoms with Crippen LogP contribution in [0, 0.1) is 29.6 Å². The highest BCUT2D eigenvalue weighted by Gasteiger charge is 2.90. The van der Waals surface area contributed by atoms with E-state index in [2.05, 4.69) is 152 Å². The van der Waals surface area contributed by atoms with Crippen molar-refractivity contribution in [2.45, 2.75) is 39.9 Å². The lowest BCUT2D eigenvalue weighted by Gasteiger charge is -2.63. The lowest BCUT2D eigenvalue weighted by atomic mass is 9.37. The minimum absolute atomic E-state index is 0.521. The van der Waals surface area contributed by atoms with Gasteiger partial charge in [0.1, 0.15) is 0 Å². The van der Waals surface area contributed by atoms with E-state index in [1.165, 1.54) is 27.8 Å². The van der Waals surface area contributed by atoms with Crippen molar-refractivity contribution in [1.29, 1.82) is 0 Å². The van der Waals surface area contributed by atoms with Crippen LogP contribution in [0.15, 0.2) is 152 Å². The minimum atomic E-state index is -0.628. The maximum atomic E-state index is 2.66. The summed E-state index contributed by atoms with van der Waals surface area (Å²) in [5.74, 6) is 8.55. The fourth-order valence-electron chi connectivity index (χ4n) is 30.4. The molecule has 0 nitrogen and oxygen atoms in total. The molecule has 0 N–H and O–H groups in total. The third kappa shape index (κ3) is 2.45. The Morgan fingerprint density at radius 2 is 0.315 bits per heavy atom. The summed E-state index contributed by atoms with van der Waals surface area (Å²) in [6, 6.07) is 62.0. The molecule has 0 aliphatic heterocycles. The second-order valence-electron chi connectivity index (χ2n) is 32.1. The van der Waals surface area contributed by atoms with E-state index in [0.717, 1.165) is 12.8 Å². The van der Waals surface area contributed by atoms with Gasteiger partial charge in [0, 0.05) is 40.4 Å². The van der Waals surface area contributed by atoms with Crippen LogP contribution in [0.3, 0.4) is 0 Å². The van der Waals surface area contributed by atoms with E-state index in [4.69, 9.17) is 0 Å². The SMILES string of the molecule is c1ccc(C[C@]23[C]4[C]5[C]6[C]7[C]4[C@]4(c8ccccc8)c8c9c%10c%11c(c%12c%13c%14c(c%15c%16c%17c(c2c2c%18c3c4c3c8c4c%10c8c%10c%11c%13c%11c%13c%14c%16c%14c%16c%17c2c2c%17c%18c3c3c4c8c4c(c%10%11)c(c%14%13)c(c2%16)c4c%173)[C@@]5%15Cc2ccccc2)[C@@]6%12c2ccccc2)C79c2ccccc2)cc1. The summed E-state index contributed by atoms with van der Waals surface area (Å²) >= 11 is 0. The molecule has 0 heterocycles. The van der Waals surface area contributed by atoms with Gasteiger partial charge in [-0.3, -0.25) is 0 Å². The molecule has 1 fully saturated rings. The molecule has 92 heavy (non-hydrogen) atoms. The molecule has 11 aliphatic rings. The van der Waals surface area contributed by atoms with Gasteiger partial charge in [-0.15, -0.1) is 0 Å². The lowest BCUT2D eigenvalue weighted by Crippen LogP contribution is -2.61. The average Bonchev–Trinajstić information content (AvgIpc) is 1.37. The average molecular weight is 1130 g/mol. The Morgan fingerprint density at radius 1 is 0.152 bits per heavy atom. The van der Waals surface area contributed by atoms with Gasteiger partial charge in [0.15, 0.2) is 0 Å². The lowest BCUT2D eigenvalue weighted by molar-refractivity contribution is 0.371. The molecule has 0 saturated heterocycles. The van der Waals surface area contributed by atoms with Gasteiger partial charge in [-0.1, -0.05) is 152 Å². The van der Waals surface area contributed by atoms with Gasteiger partial charge in [0.05, 0.1) is 16.2 Å². The highest BCUT2D eigenvalue weighted by atomic mass is 14.9. The second-order valence-corrected chi connectivity index (χ2v) is 32.1. The van der Waals surface area contributed by atoms with E-state index >= 15 is 0 Å². The van der Waals surface area contributed by atoms with Crippen molar-refractivity contribution in [1.82, 2.24) is 0 Å². The Kier molecular flexibility index (Phi) is 4.22. The van der Waals surface area contributed by atoms with Gasteiger partial charge in [0.2, 0.25) is 0 Å². The quantitative estimate of drug-likeness (QED) is 0.140. The van der Waals surface area contributed by atoms with Crippen molar-refractivity contribution >= 4 is 215 Å². The van der Waals surface area contributed by atoms with E-state index in [0.29, 0.717) is 0 Å². The molecule has 26 aromatic carbocycles. The highest BCUT2D eigenvalue weighted by molar-refractivity contribution is 6.77. The fourth-order valence-corrected chi connectivity index (χ4v) is 30.4. The first-order chi connectivity index (χ1) is 45.8. The number of rotatable bonds is 7. The number of hydrogen-bond acceptors (Lipinski definition) is 0. The first-order valence-corrected chi connectivity index (χ1v) is 34.2. The molecule has 37 rings (SSSR count). The predicted molar refractivity (Wildman–Crippen MR) is 375 cm³/mol. The zero-order valence-corrected chi connectivity index (χ0v) is 48.3. The molecule has 5 radical (unpaired) electrons. The van der Waals surface area contributed by atoms with E-state index < -0.39 is 27.1 Å². The zero-order valence-electron chi connectivity index (χ0n) is 48.3. The monoisotopic (exact) mass is 1130 g/mol. The first kappa shape index (κ1) is 39.0. The molecule has 0 amide bonds. The summed E-state index contributed by atoms with van der Waals surface area (Å²) in [5, 5.41) is 65.5. The Morgan fingerprint density at radius 3 is 0.543 bits per heavy atom. The molecular formula is C92H29. The molecule has 1 saturated carbocycles. The van der Waals surface area contributed by atoms with Crippen LogP contribution in [0.4, 0.5) is 0 Å². The van der Waals surface area contributed by atoms with Gasteiger partial charge in [-0.25, -0.2) is 0 Å². The van der Waals surface area contributed by atoms with E-state index in [-0.39, 0.29) is 0 Å². The summed E-state index contributed by atoms with van der Waals surface area (Å²) in [5.41, 5.74) is 21.4. The van der Waals surface area contributed by atoms with E-state index in [9.17, 15) is 0 Å². The summed E-state index contributed by atoms with van der Waals surface area (Å²) in [7, 11) is 0. The largest absolute Gasteiger partial charge is 0.0622 e. The van der Waals surface area contributed by atoms with Crippen LogP contribution in [-0.4, -0.2) is 0 Å². The molecular weight excluding hydrogens is 1110 g/mol. The Bertz CT molecular complexity index is 7820. The predicted octanol–water partition coefficient (Wildman–Crippen LogP) is 21.2. The van der Waals surface area contributed by atoms with Crippen molar-refractivity contribution < 1.29 is 0 Å². The molecule has 0 heteroatoms. The van der Waals surface area contributed by atoms with Crippen LogP contribution in [0.5, 0.6) is 0 Å². The van der Waals surface area contributed by atoms with Crippen molar-refractivity contribution in [3.8, 4) is 0 Å². The van der Waals surface area contributed by atoms with Crippen LogP contribution in [0.1, 0.15) is 83.5 Å². The zero-order chi connectivity index (χ0) is 56.2. The molecule has 0 bridgehead atoms. The van der Waals surface area contributed by atoms with Crippen LogP contribution in [-0.2, 0) is 39.9 Å². The summed E-state index contributed by atoms with van der Waals surface area (Å²) in [6.45, 7) is 0. The normalized spacial score (nSPS) is 26.6. The van der Waals surface area contributed by atoms with Crippen LogP contribution >= 0.6 is 0 Å². The van der Waals surface area contributed by atoms with Crippen LogP contribution in [0.2, 0.25) is 0 Å². The van der Waals surface area contributed by atoms with Gasteiger partial charge in [-0.2, -0.15) is 0 Å². The Hall–Kier alpha value is -10.4. The molecule has 397 valence electrons. The molecule has 11 aliphatic carbocycles. The van der Waals surface area contributed by atoms with Crippen molar-refractivity contribution in [3.05, 3.63) is 265 Å². The third-order valence-electron chi connectivity index (χ3n) is 30.9. The second kappa shape index (κ2) is 9.95. The smallest absolute Gasteiger partial charge is 0.0545 e. The maximum absolute atomic E-state index is 2.66. The number of benzene rings is 20. The number of hydrogen-bond donors (Lipinski definition) is 0. The highest BCUT2D eigenvalue weighted by Crippen LogP contribution is 2.97. The maximum Gasteiger partial charge on any atom is 0.0545 e. The molecule has 5 atom stereocenters. The van der Waals surface area contributed by atoms with Crippen molar-refractivity contribution in [2.75, 3.05) is 0 Å². The molecule has 0 spiro atoms. The minimum Gasteiger partial charge on any atom is -0.0622 e. The van der Waals surface area contributed by atoms with Crippen LogP contribution < -0.4 is 0 Å².